The molecule has 0 unspecified atom stereocenters. The molecule has 1 heterocycles. The van der Waals surface area contributed by atoms with Crippen LogP contribution in [-0.4, -0.2) is 31.3 Å². The fourth-order valence-corrected chi connectivity index (χ4v) is 3.64. The molecule has 1 N–H and O–H groups in total. The lowest BCUT2D eigenvalue weighted by Crippen LogP contribution is -2.44. The summed E-state index contributed by atoms with van der Waals surface area (Å²) in [6.45, 7) is 12.7. The van der Waals surface area contributed by atoms with Crippen LogP contribution in [0.1, 0.15) is 36.7 Å². The van der Waals surface area contributed by atoms with Crippen molar-refractivity contribution in [1.82, 2.24) is 9.97 Å². The molecule has 152 valence electrons. The van der Waals surface area contributed by atoms with E-state index in [4.69, 9.17) is 32.4 Å². The first-order valence-corrected chi connectivity index (χ1v) is 12.4. The highest BCUT2D eigenvalue weighted by Gasteiger charge is 2.39. The number of ether oxygens (including phenoxy) is 1. The zero-order chi connectivity index (χ0) is 21.3. The Kier molecular flexibility index (Phi) is 6.63. The number of amides is 1. The molecule has 0 aliphatic rings. The van der Waals surface area contributed by atoms with Gasteiger partial charge in [0.1, 0.15) is 11.3 Å². The maximum absolute atomic E-state index is 12.8. The van der Waals surface area contributed by atoms with Crippen LogP contribution in [0.25, 0.3) is 0 Å². The maximum Gasteiger partial charge on any atom is 0.262 e. The van der Waals surface area contributed by atoms with E-state index < -0.39 is 14.2 Å². The number of rotatable bonds is 5. The van der Waals surface area contributed by atoms with Crippen molar-refractivity contribution >= 4 is 43.1 Å². The van der Waals surface area contributed by atoms with Crippen LogP contribution in [-0.2, 0) is 0 Å². The highest BCUT2D eigenvalue weighted by Crippen LogP contribution is 2.40. The average Bonchev–Trinajstić information content (AvgIpc) is 2.59. The molecule has 0 radical (unpaired) electrons. The fourth-order valence-electron chi connectivity index (χ4n) is 2.19. The van der Waals surface area contributed by atoms with Crippen LogP contribution in [0.15, 0.2) is 18.3 Å². The van der Waals surface area contributed by atoms with E-state index in [1.165, 1.54) is 13.3 Å². The molecule has 0 aliphatic carbocycles. The van der Waals surface area contributed by atoms with E-state index in [0.29, 0.717) is 16.5 Å². The standard InChI is InChI=1S/C19H25Cl2N3O3Si/c1-11-14(27-28(6,7)19(2,3)4)9-8-13(20)15(11)23-16(25)12-10-22-18(21)24-17(12)26-5/h8-10H,1-7H3,(H,23,25). The van der Waals surface area contributed by atoms with Gasteiger partial charge in [-0.3, -0.25) is 4.79 Å². The molecule has 0 spiro atoms. The number of hydrogen-bond donors (Lipinski definition) is 1. The Morgan fingerprint density at radius 2 is 1.86 bits per heavy atom. The normalized spacial score (nSPS) is 11.9. The number of anilines is 1. The van der Waals surface area contributed by atoms with Crippen molar-refractivity contribution in [2.24, 2.45) is 0 Å². The van der Waals surface area contributed by atoms with Crippen LogP contribution in [0.2, 0.25) is 28.4 Å². The van der Waals surface area contributed by atoms with E-state index in [2.05, 4.69) is 49.1 Å². The van der Waals surface area contributed by atoms with Gasteiger partial charge in [-0.25, -0.2) is 4.98 Å². The van der Waals surface area contributed by atoms with Crippen molar-refractivity contribution in [1.29, 1.82) is 0 Å². The van der Waals surface area contributed by atoms with E-state index >= 15 is 0 Å². The van der Waals surface area contributed by atoms with E-state index in [1.807, 2.05) is 13.0 Å². The smallest absolute Gasteiger partial charge is 0.262 e. The molecule has 0 aliphatic heterocycles. The second-order valence-corrected chi connectivity index (χ2v) is 13.4. The van der Waals surface area contributed by atoms with Crippen LogP contribution in [0, 0.1) is 6.92 Å². The predicted octanol–water partition coefficient (Wildman–Crippen LogP) is 5.74. The van der Waals surface area contributed by atoms with Gasteiger partial charge >= 0.3 is 0 Å². The molecule has 1 aromatic carbocycles. The molecule has 1 aromatic heterocycles. The third-order valence-corrected chi connectivity index (χ3v) is 9.78. The molecule has 28 heavy (non-hydrogen) atoms. The van der Waals surface area contributed by atoms with Crippen molar-refractivity contribution in [2.75, 3.05) is 12.4 Å². The minimum atomic E-state index is -2.05. The van der Waals surface area contributed by atoms with Gasteiger partial charge in [-0.15, -0.1) is 0 Å². The largest absolute Gasteiger partial charge is 0.543 e. The molecule has 0 saturated heterocycles. The highest BCUT2D eigenvalue weighted by atomic mass is 35.5. The van der Waals surface area contributed by atoms with E-state index in [-0.39, 0.29) is 21.8 Å². The topological polar surface area (TPSA) is 73.3 Å². The molecule has 9 heteroatoms. The number of halogens is 2. The Balaban J connectivity index is 2.38. The first-order chi connectivity index (χ1) is 12.9. The number of benzene rings is 1. The lowest BCUT2D eigenvalue weighted by molar-refractivity contribution is 0.102. The van der Waals surface area contributed by atoms with Crippen LogP contribution in [0.3, 0.4) is 0 Å². The Labute approximate surface area is 176 Å². The van der Waals surface area contributed by atoms with Gasteiger partial charge in [0.25, 0.3) is 5.91 Å². The van der Waals surface area contributed by atoms with Gasteiger partial charge in [0.15, 0.2) is 0 Å². The molecule has 0 bridgehead atoms. The number of nitrogens with zero attached hydrogens (tertiary/aromatic N) is 2. The zero-order valence-corrected chi connectivity index (χ0v) is 19.6. The van der Waals surface area contributed by atoms with Gasteiger partial charge in [0.2, 0.25) is 19.5 Å². The highest BCUT2D eigenvalue weighted by molar-refractivity contribution is 6.74. The minimum absolute atomic E-state index is 0.00705. The Bertz CT molecular complexity index is 899. The second-order valence-electron chi connectivity index (χ2n) is 7.92. The molecule has 2 rings (SSSR count). The summed E-state index contributed by atoms with van der Waals surface area (Å²) in [5, 5.41) is 3.25. The third kappa shape index (κ3) is 4.77. The summed E-state index contributed by atoms with van der Waals surface area (Å²) in [6, 6.07) is 3.54. The van der Waals surface area contributed by atoms with Crippen molar-refractivity contribution in [2.45, 2.75) is 45.8 Å². The maximum atomic E-state index is 12.8. The number of carbonyl (C=O) groups is 1. The monoisotopic (exact) mass is 441 g/mol. The quantitative estimate of drug-likeness (QED) is 0.472. The van der Waals surface area contributed by atoms with Gasteiger partial charge in [-0.1, -0.05) is 32.4 Å². The van der Waals surface area contributed by atoms with Gasteiger partial charge in [-0.05, 0) is 48.8 Å². The van der Waals surface area contributed by atoms with E-state index in [9.17, 15) is 4.79 Å². The number of methoxy groups -OCH3 is 1. The summed E-state index contributed by atoms with van der Waals surface area (Å²) < 4.78 is 11.5. The van der Waals surface area contributed by atoms with Crippen molar-refractivity contribution in [3.05, 3.63) is 39.8 Å². The summed E-state index contributed by atoms with van der Waals surface area (Å²) in [7, 11) is -0.649. The summed E-state index contributed by atoms with van der Waals surface area (Å²) in [6.07, 6.45) is 1.31. The van der Waals surface area contributed by atoms with Gasteiger partial charge in [0.05, 0.1) is 17.8 Å². The molecular weight excluding hydrogens is 417 g/mol. The van der Waals surface area contributed by atoms with Crippen molar-refractivity contribution in [3.8, 4) is 11.6 Å². The molecule has 0 atom stereocenters. The molecule has 1 amide bonds. The SMILES string of the molecule is COc1nc(Cl)ncc1C(=O)Nc1c(Cl)ccc(O[Si](C)(C)C(C)(C)C)c1C. The molecule has 6 nitrogen and oxygen atoms in total. The zero-order valence-electron chi connectivity index (χ0n) is 17.1. The van der Waals surface area contributed by atoms with Gasteiger partial charge in [-0.2, -0.15) is 4.98 Å². The minimum Gasteiger partial charge on any atom is -0.543 e. The molecule has 0 fully saturated rings. The number of carbonyl (C=O) groups excluding carboxylic acids is 1. The molecular formula is C19H25Cl2N3O3Si. The fraction of sp³-hybridized carbons (Fsp3) is 0.421. The van der Waals surface area contributed by atoms with E-state index in [1.54, 1.807) is 6.07 Å². The predicted molar refractivity (Wildman–Crippen MR) is 116 cm³/mol. The lowest BCUT2D eigenvalue weighted by Gasteiger charge is -2.37. The molecule has 2 aromatic rings. The van der Waals surface area contributed by atoms with Crippen molar-refractivity contribution in [3.63, 3.8) is 0 Å². The summed E-state index contributed by atoms with van der Waals surface area (Å²) in [5.74, 6) is 0.327. The number of nitrogens with one attached hydrogen (secondary N) is 1. The van der Waals surface area contributed by atoms with Crippen LogP contribution in [0.4, 0.5) is 5.69 Å². The Morgan fingerprint density at radius 1 is 1.21 bits per heavy atom. The Morgan fingerprint density at radius 3 is 2.43 bits per heavy atom. The van der Waals surface area contributed by atoms with Crippen LogP contribution < -0.4 is 14.5 Å². The van der Waals surface area contributed by atoms with Crippen LogP contribution in [0.5, 0.6) is 11.6 Å². The first-order valence-electron chi connectivity index (χ1n) is 8.73. The number of aromatic nitrogens is 2. The second kappa shape index (κ2) is 8.27. The summed E-state index contributed by atoms with van der Waals surface area (Å²) in [5.41, 5.74) is 1.37. The number of hydrogen-bond acceptors (Lipinski definition) is 5. The van der Waals surface area contributed by atoms with Crippen LogP contribution >= 0.6 is 23.2 Å². The Hall–Kier alpha value is -1.83. The molecule has 0 saturated carbocycles. The summed E-state index contributed by atoms with van der Waals surface area (Å²) >= 11 is 12.1. The van der Waals surface area contributed by atoms with Gasteiger partial charge < -0.3 is 14.5 Å². The van der Waals surface area contributed by atoms with E-state index in [0.717, 1.165) is 5.56 Å². The summed E-state index contributed by atoms with van der Waals surface area (Å²) in [4.78, 5) is 20.5. The lowest BCUT2D eigenvalue weighted by atomic mass is 10.1. The first kappa shape index (κ1) is 22.5. The average molecular weight is 442 g/mol. The van der Waals surface area contributed by atoms with Crippen molar-refractivity contribution < 1.29 is 14.0 Å². The van der Waals surface area contributed by atoms with Gasteiger partial charge in [0, 0.05) is 11.8 Å². The third-order valence-electron chi connectivity index (χ3n) is 4.94.